The topological polar surface area (TPSA) is 93.8 Å². The fraction of sp³-hybridized carbons (Fsp3) is 0.0909. The fourth-order valence-corrected chi connectivity index (χ4v) is 3.21. The zero-order chi connectivity index (χ0) is 24.6. The molecule has 0 aliphatic carbocycles. The van der Waals surface area contributed by atoms with Gasteiger partial charge in [0.1, 0.15) is 23.0 Å². The van der Waals surface area contributed by atoms with Gasteiger partial charge in [0, 0.05) is 12.1 Å². The maximum absolute atomic E-state index is 14.1. The Morgan fingerprint density at radius 3 is 1.44 bits per heavy atom. The van der Waals surface area contributed by atoms with Gasteiger partial charge in [-0.1, -0.05) is 0 Å². The third kappa shape index (κ3) is 4.25. The molecule has 4 aromatic rings. The Balaban J connectivity index is 1.49. The van der Waals surface area contributed by atoms with E-state index in [1.165, 1.54) is 38.4 Å². The van der Waals surface area contributed by atoms with Crippen LogP contribution in [0.3, 0.4) is 0 Å². The van der Waals surface area contributed by atoms with Crippen molar-refractivity contribution in [2.45, 2.75) is 13.8 Å². The minimum Gasteiger partial charge on any atom is -0.315 e. The molecular weight excluding hydrogens is 456 g/mol. The SMILES string of the molecule is Cc1c(NC(=O)C(=O)Nc2cnn(-c3ccc(F)cc3F)c2C)cnn1-c1ccc(F)cc1F. The minimum atomic E-state index is -1.05. The largest absolute Gasteiger partial charge is 0.315 e. The molecule has 0 radical (unpaired) electrons. The lowest BCUT2D eigenvalue weighted by atomic mass is 10.3. The van der Waals surface area contributed by atoms with E-state index in [0.29, 0.717) is 23.5 Å². The molecule has 2 aromatic carbocycles. The maximum Gasteiger partial charge on any atom is 0.314 e. The first-order chi connectivity index (χ1) is 16.2. The van der Waals surface area contributed by atoms with E-state index in [-0.39, 0.29) is 22.7 Å². The lowest BCUT2D eigenvalue weighted by Gasteiger charge is -2.09. The fourth-order valence-electron chi connectivity index (χ4n) is 3.21. The molecule has 0 spiro atoms. The molecule has 2 amide bonds. The Bertz CT molecular complexity index is 1320. The number of rotatable bonds is 4. The van der Waals surface area contributed by atoms with Gasteiger partial charge in [-0.05, 0) is 38.1 Å². The molecule has 2 heterocycles. The predicted octanol–water partition coefficient (Wildman–Crippen LogP) is 3.81. The number of hydrogen-bond acceptors (Lipinski definition) is 4. The summed E-state index contributed by atoms with van der Waals surface area (Å²) < 4.78 is 56.7. The van der Waals surface area contributed by atoms with Crippen LogP contribution in [0.4, 0.5) is 28.9 Å². The molecule has 0 unspecified atom stereocenters. The number of amides is 2. The van der Waals surface area contributed by atoms with Crippen LogP contribution in [-0.4, -0.2) is 31.4 Å². The summed E-state index contributed by atoms with van der Waals surface area (Å²) in [5.41, 5.74) is 0.763. The number of nitrogens with zero attached hydrogens (tertiary/aromatic N) is 4. The van der Waals surface area contributed by atoms with Crippen molar-refractivity contribution in [3.8, 4) is 11.4 Å². The van der Waals surface area contributed by atoms with Crippen molar-refractivity contribution in [2.75, 3.05) is 10.6 Å². The van der Waals surface area contributed by atoms with Gasteiger partial charge < -0.3 is 10.6 Å². The maximum atomic E-state index is 14.1. The normalized spacial score (nSPS) is 10.9. The number of aromatic nitrogens is 4. The molecule has 34 heavy (non-hydrogen) atoms. The third-order valence-electron chi connectivity index (χ3n) is 5.00. The highest BCUT2D eigenvalue weighted by Gasteiger charge is 2.21. The molecular formula is C22H16F4N6O2. The van der Waals surface area contributed by atoms with Crippen LogP contribution in [0.15, 0.2) is 48.8 Å². The first-order valence-corrected chi connectivity index (χ1v) is 9.78. The van der Waals surface area contributed by atoms with Crippen molar-refractivity contribution in [1.82, 2.24) is 19.6 Å². The van der Waals surface area contributed by atoms with Gasteiger partial charge in [-0.15, -0.1) is 0 Å². The van der Waals surface area contributed by atoms with Crippen molar-refractivity contribution in [3.63, 3.8) is 0 Å². The Labute approximate surface area is 189 Å². The number of carbonyl (C=O) groups is 2. The van der Waals surface area contributed by atoms with Gasteiger partial charge >= 0.3 is 11.8 Å². The van der Waals surface area contributed by atoms with Crippen molar-refractivity contribution in [1.29, 1.82) is 0 Å². The van der Waals surface area contributed by atoms with Gasteiger partial charge in [0.2, 0.25) is 0 Å². The molecule has 0 aliphatic heterocycles. The van der Waals surface area contributed by atoms with Crippen LogP contribution in [0.25, 0.3) is 11.4 Å². The Kier molecular flexibility index (Phi) is 5.88. The standard InChI is InChI=1S/C22H16F4N6O2/c1-11-17(9-27-31(11)19-5-3-13(23)7-15(19)25)29-21(33)22(34)30-18-10-28-32(12(18)2)20-6-4-14(24)8-16(20)26/h3-10H,1-2H3,(H,29,33)(H,30,34). The van der Waals surface area contributed by atoms with Gasteiger partial charge in [-0.25, -0.2) is 26.9 Å². The Morgan fingerprint density at radius 2 is 1.09 bits per heavy atom. The summed E-state index contributed by atoms with van der Waals surface area (Å²) in [6.45, 7) is 3.05. The van der Waals surface area contributed by atoms with E-state index >= 15 is 0 Å². The molecule has 0 aliphatic rings. The minimum absolute atomic E-state index is 0.0417. The summed E-state index contributed by atoms with van der Waals surface area (Å²) in [4.78, 5) is 24.8. The molecule has 174 valence electrons. The zero-order valence-corrected chi connectivity index (χ0v) is 17.7. The van der Waals surface area contributed by atoms with Gasteiger partial charge in [0.15, 0.2) is 11.6 Å². The second-order valence-electron chi connectivity index (χ2n) is 7.21. The van der Waals surface area contributed by atoms with E-state index in [4.69, 9.17) is 0 Å². The van der Waals surface area contributed by atoms with Crippen LogP contribution < -0.4 is 10.6 Å². The molecule has 2 aromatic heterocycles. The number of anilines is 2. The lowest BCUT2D eigenvalue weighted by molar-refractivity contribution is -0.133. The van der Waals surface area contributed by atoms with Crippen LogP contribution in [0, 0.1) is 37.1 Å². The summed E-state index contributed by atoms with van der Waals surface area (Å²) >= 11 is 0. The summed E-state index contributed by atoms with van der Waals surface area (Å²) in [5.74, 6) is -5.32. The van der Waals surface area contributed by atoms with Crippen LogP contribution in [0.2, 0.25) is 0 Å². The van der Waals surface area contributed by atoms with Crippen LogP contribution in [0.1, 0.15) is 11.4 Å². The molecule has 0 atom stereocenters. The average Bonchev–Trinajstić information content (AvgIpc) is 3.31. The lowest BCUT2D eigenvalue weighted by Crippen LogP contribution is -2.29. The number of halogens is 4. The van der Waals surface area contributed by atoms with E-state index in [9.17, 15) is 27.2 Å². The first kappa shape index (κ1) is 22.7. The van der Waals surface area contributed by atoms with Crippen LogP contribution >= 0.6 is 0 Å². The Morgan fingerprint density at radius 1 is 0.706 bits per heavy atom. The second kappa shape index (κ2) is 8.81. The zero-order valence-electron chi connectivity index (χ0n) is 17.7. The predicted molar refractivity (Wildman–Crippen MR) is 114 cm³/mol. The second-order valence-corrected chi connectivity index (χ2v) is 7.21. The highest BCUT2D eigenvalue weighted by molar-refractivity contribution is 6.43. The van der Waals surface area contributed by atoms with Crippen LogP contribution in [0.5, 0.6) is 0 Å². The van der Waals surface area contributed by atoms with E-state index < -0.39 is 35.1 Å². The summed E-state index contributed by atoms with van der Waals surface area (Å²) in [6.07, 6.45) is 2.42. The molecule has 8 nitrogen and oxygen atoms in total. The molecule has 0 saturated heterocycles. The van der Waals surface area contributed by atoms with Gasteiger partial charge in [-0.3, -0.25) is 9.59 Å². The number of hydrogen-bond donors (Lipinski definition) is 2. The average molecular weight is 472 g/mol. The quantitative estimate of drug-likeness (QED) is 0.349. The highest BCUT2D eigenvalue weighted by Crippen LogP contribution is 2.23. The van der Waals surface area contributed by atoms with Gasteiger partial charge in [-0.2, -0.15) is 10.2 Å². The van der Waals surface area contributed by atoms with Crippen molar-refractivity contribution < 1.29 is 27.2 Å². The van der Waals surface area contributed by atoms with E-state index in [1.807, 2.05) is 0 Å². The molecule has 4 rings (SSSR count). The van der Waals surface area contributed by atoms with Gasteiger partial charge in [0.05, 0.1) is 35.2 Å². The summed E-state index contributed by atoms with van der Waals surface area (Å²) in [5, 5.41) is 12.7. The number of carbonyl (C=O) groups excluding carboxylic acids is 2. The van der Waals surface area contributed by atoms with E-state index in [0.717, 1.165) is 21.5 Å². The van der Waals surface area contributed by atoms with E-state index in [2.05, 4.69) is 20.8 Å². The summed E-state index contributed by atoms with van der Waals surface area (Å²) in [6, 6.07) is 5.89. The Hall–Kier alpha value is -4.48. The van der Waals surface area contributed by atoms with Gasteiger partial charge in [0.25, 0.3) is 0 Å². The third-order valence-corrected chi connectivity index (χ3v) is 5.00. The molecule has 0 bridgehead atoms. The highest BCUT2D eigenvalue weighted by atomic mass is 19.1. The smallest absolute Gasteiger partial charge is 0.314 e. The van der Waals surface area contributed by atoms with Crippen LogP contribution in [-0.2, 0) is 9.59 Å². The van der Waals surface area contributed by atoms with Crippen molar-refractivity contribution in [2.24, 2.45) is 0 Å². The molecule has 0 fully saturated rings. The molecule has 2 N–H and O–H groups in total. The first-order valence-electron chi connectivity index (χ1n) is 9.78. The van der Waals surface area contributed by atoms with Crippen molar-refractivity contribution >= 4 is 23.2 Å². The number of nitrogens with one attached hydrogen (secondary N) is 2. The van der Waals surface area contributed by atoms with E-state index in [1.54, 1.807) is 0 Å². The number of benzene rings is 2. The monoisotopic (exact) mass is 472 g/mol. The molecule has 0 saturated carbocycles. The summed E-state index contributed by atoms with van der Waals surface area (Å²) in [7, 11) is 0. The molecule has 12 heteroatoms. The van der Waals surface area contributed by atoms with Crippen molar-refractivity contribution in [3.05, 3.63) is 83.4 Å².